The molecule has 2 atom stereocenters. The Morgan fingerprint density at radius 2 is 1.00 bits per heavy atom. The maximum atomic E-state index is 13.9. The van der Waals surface area contributed by atoms with Crippen LogP contribution in [0.3, 0.4) is 0 Å². The molecule has 0 aromatic heterocycles. The Kier molecular flexibility index (Phi) is 12.2. The lowest BCUT2D eigenvalue weighted by Gasteiger charge is -2.34. The minimum Gasteiger partial charge on any atom is -0.493 e. The number of carbonyl (C=O) groups excluding carboxylic acids is 7. The average Bonchev–Trinajstić information content (AvgIpc) is 3.04. The van der Waals surface area contributed by atoms with Gasteiger partial charge in [-0.3, -0.25) is 28.8 Å². The van der Waals surface area contributed by atoms with E-state index < -0.39 is 59.7 Å². The van der Waals surface area contributed by atoms with Gasteiger partial charge in [0.15, 0.2) is 29.1 Å². The summed E-state index contributed by atoms with van der Waals surface area (Å²) < 4.78 is 54.8. The first-order chi connectivity index (χ1) is 25.0. The molecule has 0 radical (unpaired) electrons. The second kappa shape index (κ2) is 16.6. The van der Waals surface area contributed by atoms with E-state index in [4.69, 9.17) is 47.4 Å². The van der Waals surface area contributed by atoms with Crippen LogP contribution in [0.5, 0.6) is 51.7 Å². The van der Waals surface area contributed by atoms with Crippen LogP contribution in [0.25, 0.3) is 0 Å². The summed E-state index contributed by atoms with van der Waals surface area (Å²) >= 11 is 0. The number of hydrogen-bond donors (Lipinski definition) is 0. The Bertz CT molecular complexity index is 1930. The molecule has 1 aliphatic rings. The zero-order valence-electron chi connectivity index (χ0n) is 29.8. The summed E-state index contributed by atoms with van der Waals surface area (Å²) in [6.07, 6.45) is -2.83. The molecule has 4 rings (SSSR count). The molecule has 0 fully saturated rings. The monoisotopic (exact) mass is 738 g/mol. The molecular weight excluding hydrogens is 704 g/mol. The standard InChI is InChI=1S/C36H34O17/c1-16(37)46-24-13-26(47-17(2)38)25-15-32(53-36(43)23-11-28(44-7)34(50-20(5)41)29(12-23)45-8)33(52-27(25)14-24)22-9-30(48-18(3)39)35(51-21(6)42)31(10-22)49-19(4)40/h9-14,32-33H,15H2,1-8H3. The molecule has 0 saturated carbocycles. The van der Waals surface area contributed by atoms with E-state index >= 15 is 0 Å². The molecule has 3 aromatic rings. The molecule has 17 nitrogen and oxygen atoms in total. The summed E-state index contributed by atoms with van der Waals surface area (Å²) in [4.78, 5) is 85.8. The minimum atomic E-state index is -1.33. The van der Waals surface area contributed by atoms with Crippen molar-refractivity contribution in [3.63, 3.8) is 0 Å². The van der Waals surface area contributed by atoms with Crippen LogP contribution in [0.4, 0.5) is 0 Å². The largest absolute Gasteiger partial charge is 0.493 e. The fraction of sp³-hybridized carbons (Fsp3) is 0.306. The highest BCUT2D eigenvalue weighted by Crippen LogP contribution is 2.48. The van der Waals surface area contributed by atoms with Crippen molar-refractivity contribution in [2.45, 2.75) is 60.2 Å². The van der Waals surface area contributed by atoms with Gasteiger partial charge >= 0.3 is 41.8 Å². The summed E-state index contributed by atoms with van der Waals surface area (Å²) in [6, 6.07) is 7.59. The molecule has 53 heavy (non-hydrogen) atoms. The van der Waals surface area contributed by atoms with Crippen LogP contribution in [0, 0.1) is 0 Å². The van der Waals surface area contributed by atoms with Gasteiger partial charge in [-0.05, 0) is 24.3 Å². The highest BCUT2D eigenvalue weighted by atomic mass is 16.6. The molecule has 0 aliphatic carbocycles. The fourth-order valence-corrected chi connectivity index (χ4v) is 5.19. The van der Waals surface area contributed by atoms with Gasteiger partial charge in [0, 0.05) is 71.2 Å². The van der Waals surface area contributed by atoms with Gasteiger partial charge in [-0.1, -0.05) is 0 Å². The third-order valence-electron chi connectivity index (χ3n) is 6.98. The topological polar surface area (TPSA) is 212 Å². The van der Waals surface area contributed by atoms with Crippen LogP contribution in [0.15, 0.2) is 36.4 Å². The predicted octanol–water partition coefficient (Wildman–Crippen LogP) is 4.16. The number of methoxy groups -OCH3 is 2. The smallest absolute Gasteiger partial charge is 0.338 e. The molecule has 1 aliphatic heterocycles. The molecule has 0 amide bonds. The second-order valence-electron chi connectivity index (χ2n) is 11.2. The van der Waals surface area contributed by atoms with Crippen molar-refractivity contribution in [2.75, 3.05) is 14.2 Å². The van der Waals surface area contributed by atoms with Gasteiger partial charge in [0.05, 0.1) is 19.8 Å². The van der Waals surface area contributed by atoms with Crippen molar-refractivity contribution < 1.29 is 80.9 Å². The Balaban J connectivity index is 1.93. The number of esters is 7. The SMILES string of the molecule is COc1cc(C(=O)OC2Cc3c(OC(C)=O)cc(OC(C)=O)cc3OC2c2cc(OC(C)=O)c(OC(C)=O)c(OC(C)=O)c2)cc(OC)c1OC(C)=O. The molecule has 2 unspecified atom stereocenters. The predicted molar refractivity (Wildman–Crippen MR) is 177 cm³/mol. The van der Waals surface area contributed by atoms with Crippen LogP contribution >= 0.6 is 0 Å². The average molecular weight is 739 g/mol. The van der Waals surface area contributed by atoms with Crippen molar-refractivity contribution in [3.05, 3.63) is 53.1 Å². The van der Waals surface area contributed by atoms with Crippen LogP contribution < -0.4 is 42.6 Å². The second-order valence-corrected chi connectivity index (χ2v) is 11.2. The van der Waals surface area contributed by atoms with Gasteiger partial charge < -0.3 is 47.4 Å². The highest BCUT2D eigenvalue weighted by molar-refractivity contribution is 5.92. The van der Waals surface area contributed by atoms with Crippen molar-refractivity contribution in [3.8, 4) is 51.7 Å². The number of rotatable bonds is 11. The first-order valence-corrected chi connectivity index (χ1v) is 15.6. The Labute approximate surface area is 301 Å². The van der Waals surface area contributed by atoms with E-state index in [1.165, 1.54) is 57.5 Å². The minimum absolute atomic E-state index is 0.0264. The lowest BCUT2D eigenvalue weighted by atomic mass is 9.93. The van der Waals surface area contributed by atoms with Gasteiger partial charge in [-0.15, -0.1) is 0 Å². The summed E-state index contributed by atoms with van der Waals surface area (Å²) in [7, 11) is 2.56. The Morgan fingerprint density at radius 3 is 1.45 bits per heavy atom. The first kappa shape index (κ1) is 39.1. The normalized spacial score (nSPS) is 14.3. The fourth-order valence-electron chi connectivity index (χ4n) is 5.19. The molecule has 280 valence electrons. The maximum absolute atomic E-state index is 13.9. The molecule has 1 heterocycles. The van der Waals surface area contributed by atoms with E-state index in [9.17, 15) is 33.6 Å². The number of benzene rings is 3. The quantitative estimate of drug-likeness (QED) is 0.200. The number of fused-ring (bicyclic) bond motifs is 1. The van der Waals surface area contributed by atoms with E-state index in [0.717, 1.165) is 34.6 Å². The maximum Gasteiger partial charge on any atom is 0.338 e. The third-order valence-corrected chi connectivity index (χ3v) is 6.98. The summed E-state index contributed by atoms with van der Waals surface area (Å²) in [5.74, 6) is -6.96. The van der Waals surface area contributed by atoms with Crippen molar-refractivity contribution in [1.29, 1.82) is 0 Å². The Morgan fingerprint density at radius 1 is 0.547 bits per heavy atom. The van der Waals surface area contributed by atoms with E-state index in [-0.39, 0.29) is 69.1 Å². The van der Waals surface area contributed by atoms with Gasteiger partial charge in [0.25, 0.3) is 0 Å². The lowest BCUT2D eigenvalue weighted by molar-refractivity contribution is -0.135. The number of carbonyl (C=O) groups is 7. The molecule has 17 heteroatoms. The lowest BCUT2D eigenvalue weighted by Crippen LogP contribution is -2.35. The van der Waals surface area contributed by atoms with Crippen LogP contribution in [0.1, 0.15) is 69.1 Å². The third kappa shape index (κ3) is 9.78. The van der Waals surface area contributed by atoms with E-state index in [2.05, 4.69) is 0 Å². The molecule has 0 bridgehead atoms. The van der Waals surface area contributed by atoms with Crippen molar-refractivity contribution in [2.24, 2.45) is 0 Å². The molecule has 0 saturated heterocycles. The van der Waals surface area contributed by atoms with Crippen LogP contribution in [-0.2, 0) is 39.9 Å². The van der Waals surface area contributed by atoms with E-state index in [1.54, 1.807) is 0 Å². The summed E-state index contributed by atoms with van der Waals surface area (Å²) in [6.45, 7) is 6.70. The van der Waals surface area contributed by atoms with Gasteiger partial charge in [0.2, 0.25) is 11.5 Å². The van der Waals surface area contributed by atoms with Crippen molar-refractivity contribution >= 4 is 41.8 Å². The van der Waals surface area contributed by atoms with Crippen molar-refractivity contribution in [1.82, 2.24) is 0 Å². The molecular formula is C36H34O17. The zero-order valence-corrected chi connectivity index (χ0v) is 29.8. The van der Waals surface area contributed by atoms with Gasteiger partial charge in [0.1, 0.15) is 23.4 Å². The van der Waals surface area contributed by atoms with E-state index in [0.29, 0.717) is 0 Å². The number of hydrogen-bond acceptors (Lipinski definition) is 17. The first-order valence-electron chi connectivity index (χ1n) is 15.6. The van der Waals surface area contributed by atoms with E-state index in [1.807, 2.05) is 0 Å². The van der Waals surface area contributed by atoms with Gasteiger partial charge in [-0.25, -0.2) is 4.79 Å². The molecule has 0 N–H and O–H groups in total. The highest BCUT2D eigenvalue weighted by Gasteiger charge is 2.39. The Hall–Kier alpha value is -6.65. The van der Waals surface area contributed by atoms with Crippen LogP contribution in [-0.4, -0.2) is 62.1 Å². The molecule has 3 aromatic carbocycles. The number of ether oxygens (including phenoxy) is 10. The zero-order chi connectivity index (χ0) is 39.1. The van der Waals surface area contributed by atoms with Crippen LogP contribution in [0.2, 0.25) is 0 Å². The summed E-state index contributed by atoms with van der Waals surface area (Å²) in [5.41, 5.74) is 0.183. The van der Waals surface area contributed by atoms with Gasteiger partial charge in [-0.2, -0.15) is 0 Å². The molecule has 0 spiro atoms. The summed E-state index contributed by atoms with van der Waals surface area (Å²) in [5, 5.41) is 0.